The molecule has 0 aliphatic rings. The molecule has 23 heavy (non-hydrogen) atoms. The Balaban J connectivity index is 0.000000229. The molecule has 0 bridgehead atoms. The predicted molar refractivity (Wildman–Crippen MR) is 98.4 cm³/mol. The number of nitrogen functional groups attached to an aromatic ring is 1. The van der Waals surface area contributed by atoms with Crippen molar-refractivity contribution in [3.63, 3.8) is 0 Å². The number of benzene rings is 2. The molecule has 3 aromatic rings. The third-order valence-corrected chi connectivity index (χ3v) is 3.67. The average Bonchev–Trinajstić information content (AvgIpc) is 2.57. The first kappa shape index (κ1) is 16.9. The maximum Gasteiger partial charge on any atom is 0.123 e. The van der Waals surface area contributed by atoms with Crippen molar-refractivity contribution in [1.29, 1.82) is 0 Å². The van der Waals surface area contributed by atoms with Crippen molar-refractivity contribution in [2.45, 2.75) is 6.42 Å². The minimum Gasteiger partial charge on any atom is -0.384 e. The van der Waals surface area contributed by atoms with Gasteiger partial charge in [0.2, 0.25) is 0 Å². The molecule has 0 aliphatic carbocycles. The van der Waals surface area contributed by atoms with Crippen molar-refractivity contribution in [2.75, 3.05) is 5.73 Å². The molecule has 0 fully saturated rings. The molecule has 0 amide bonds. The van der Waals surface area contributed by atoms with Gasteiger partial charge in [0.15, 0.2) is 0 Å². The molecule has 3 rings (SSSR count). The fraction of sp³-hybridized carbons (Fsp3) is 0.0526. The first-order chi connectivity index (χ1) is 11.2. The van der Waals surface area contributed by atoms with E-state index >= 15 is 0 Å². The number of aromatic nitrogens is 1. The summed E-state index contributed by atoms with van der Waals surface area (Å²) in [6, 6.07) is 24.1. The Hall–Kier alpha value is -2.42. The maximum absolute atomic E-state index is 5.83. The molecule has 0 unspecified atom stereocenters. The minimum atomic E-state index is 0.572. The van der Waals surface area contributed by atoms with Gasteiger partial charge in [-0.05, 0) is 12.1 Å². The second kappa shape index (κ2) is 8.89. The Labute approximate surface area is 144 Å². The Morgan fingerprint density at radius 1 is 0.870 bits per heavy atom. The largest absolute Gasteiger partial charge is 0.384 e. The van der Waals surface area contributed by atoms with Gasteiger partial charge in [-0.25, -0.2) is 4.98 Å². The summed E-state index contributed by atoms with van der Waals surface area (Å²) in [7, 11) is 0. The number of hydrogen-bond acceptors (Lipinski definition) is 3. The van der Waals surface area contributed by atoms with Crippen LogP contribution in [0.1, 0.15) is 16.7 Å². The second-order valence-corrected chi connectivity index (χ2v) is 5.86. The van der Waals surface area contributed by atoms with Crippen LogP contribution in [0.25, 0.3) is 0 Å². The van der Waals surface area contributed by atoms with Gasteiger partial charge < -0.3 is 5.73 Å². The smallest absolute Gasteiger partial charge is 0.123 e. The molecule has 0 saturated heterocycles. The molecule has 0 atom stereocenters. The van der Waals surface area contributed by atoms with Gasteiger partial charge in [0.1, 0.15) is 5.82 Å². The summed E-state index contributed by atoms with van der Waals surface area (Å²) in [5.41, 5.74) is 14.7. The Morgan fingerprint density at radius 3 is 2.09 bits per heavy atom. The third-order valence-electron chi connectivity index (χ3n) is 3.21. The average molecular weight is 368 g/mol. The third kappa shape index (κ3) is 5.70. The summed E-state index contributed by atoms with van der Waals surface area (Å²) >= 11 is 2.88. The number of nitrogens with two attached hydrogens (primary N) is 2. The van der Waals surface area contributed by atoms with Crippen LogP contribution in [-0.4, -0.2) is 25.1 Å². The van der Waals surface area contributed by atoms with Crippen molar-refractivity contribution in [3.05, 3.63) is 95.7 Å². The van der Waals surface area contributed by atoms with Crippen LogP contribution in [0.5, 0.6) is 0 Å². The van der Waals surface area contributed by atoms with Gasteiger partial charge in [-0.2, -0.15) is 0 Å². The van der Waals surface area contributed by atoms with Crippen molar-refractivity contribution >= 4 is 25.9 Å². The first-order valence-electron chi connectivity index (χ1n) is 7.25. The number of pyridine rings is 1. The number of anilines is 1. The van der Waals surface area contributed by atoms with E-state index in [0.717, 1.165) is 16.5 Å². The standard InChI is InChI=1S/C14H13NSe.C5H6N2/c15-14(16)13-9-5-4-8-12(13)10-11-6-2-1-3-7-11;6-5-3-1-2-4-7-5/h1-9H,10H2,(H2,15,16);1-4H,(H2,6,7). The Kier molecular flexibility index (Phi) is 6.55. The van der Waals surface area contributed by atoms with Crippen LogP contribution in [0.3, 0.4) is 0 Å². The topological polar surface area (TPSA) is 64.9 Å². The minimum absolute atomic E-state index is 0.572. The van der Waals surface area contributed by atoms with E-state index in [-0.39, 0.29) is 0 Å². The zero-order chi connectivity index (χ0) is 16.5. The number of nitrogens with zero attached hydrogens (tertiary/aromatic N) is 1. The molecule has 1 heterocycles. The molecule has 0 radical (unpaired) electrons. The number of rotatable bonds is 3. The second-order valence-electron chi connectivity index (χ2n) is 4.94. The molecule has 0 aliphatic heterocycles. The molecule has 3 nitrogen and oxygen atoms in total. The summed E-state index contributed by atoms with van der Waals surface area (Å²) in [6.45, 7) is 0. The van der Waals surface area contributed by atoms with E-state index in [9.17, 15) is 0 Å². The van der Waals surface area contributed by atoms with E-state index in [4.69, 9.17) is 11.5 Å². The normalized spacial score (nSPS) is 9.57. The maximum atomic E-state index is 5.83. The SMILES string of the molecule is NC(=[Se])c1ccccc1Cc1ccccc1.Nc1ccccn1. The van der Waals surface area contributed by atoms with Crippen molar-refractivity contribution in [3.8, 4) is 0 Å². The summed E-state index contributed by atoms with van der Waals surface area (Å²) in [5, 5.41) is 0. The van der Waals surface area contributed by atoms with Gasteiger partial charge in [0, 0.05) is 6.20 Å². The molecule has 1 aromatic heterocycles. The van der Waals surface area contributed by atoms with Gasteiger partial charge in [0.25, 0.3) is 0 Å². The van der Waals surface area contributed by atoms with Crippen LogP contribution in [0.2, 0.25) is 0 Å². The van der Waals surface area contributed by atoms with Crippen molar-refractivity contribution < 1.29 is 0 Å². The molecule has 116 valence electrons. The van der Waals surface area contributed by atoms with Crippen LogP contribution in [0.15, 0.2) is 79.0 Å². The van der Waals surface area contributed by atoms with Gasteiger partial charge in [-0.15, -0.1) is 0 Å². The molecular formula is C19H19N3Se. The van der Waals surface area contributed by atoms with Crippen molar-refractivity contribution in [1.82, 2.24) is 4.98 Å². The monoisotopic (exact) mass is 369 g/mol. The first-order valence-corrected chi connectivity index (χ1v) is 8.10. The molecule has 0 spiro atoms. The van der Waals surface area contributed by atoms with Crippen LogP contribution < -0.4 is 11.5 Å². The van der Waals surface area contributed by atoms with Crippen LogP contribution in [-0.2, 0) is 6.42 Å². The molecule has 4 heteroatoms. The summed E-state index contributed by atoms with van der Waals surface area (Å²) in [6.07, 6.45) is 2.58. The van der Waals surface area contributed by atoms with E-state index in [1.54, 1.807) is 12.3 Å². The Morgan fingerprint density at radius 2 is 1.52 bits per heavy atom. The van der Waals surface area contributed by atoms with Crippen molar-refractivity contribution in [2.24, 2.45) is 5.73 Å². The Bertz CT molecular complexity index is 743. The zero-order valence-electron chi connectivity index (χ0n) is 12.7. The molecular weight excluding hydrogens is 349 g/mol. The molecule has 0 saturated carbocycles. The predicted octanol–water partition coefficient (Wildman–Crippen LogP) is 2.55. The van der Waals surface area contributed by atoms with Gasteiger partial charge in [0.05, 0.1) is 0 Å². The summed E-state index contributed by atoms with van der Waals surface area (Å²) in [5.74, 6) is 0.572. The van der Waals surface area contributed by atoms with Gasteiger partial charge >= 0.3 is 104 Å². The van der Waals surface area contributed by atoms with Crippen LogP contribution in [0.4, 0.5) is 5.82 Å². The number of hydrogen-bond donors (Lipinski definition) is 2. The summed E-state index contributed by atoms with van der Waals surface area (Å²) in [4.78, 5) is 3.76. The fourth-order valence-electron chi connectivity index (χ4n) is 2.11. The van der Waals surface area contributed by atoms with Gasteiger partial charge in [-0.3, -0.25) is 0 Å². The van der Waals surface area contributed by atoms with E-state index in [2.05, 4.69) is 50.9 Å². The summed E-state index contributed by atoms with van der Waals surface area (Å²) < 4.78 is 0.756. The fourth-order valence-corrected chi connectivity index (χ4v) is 2.52. The van der Waals surface area contributed by atoms with E-state index in [1.807, 2.05) is 36.4 Å². The van der Waals surface area contributed by atoms with Gasteiger partial charge in [-0.1, -0.05) is 6.07 Å². The van der Waals surface area contributed by atoms with Crippen LogP contribution in [0, 0.1) is 0 Å². The molecule has 2 aromatic carbocycles. The van der Waals surface area contributed by atoms with E-state index < -0.39 is 0 Å². The van der Waals surface area contributed by atoms with Crippen LogP contribution >= 0.6 is 0 Å². The van der Waals surface area contributed by atoms with E-state index in [1.165, 1.54) is 11.1 Å². The zero-order valence-corrected chi connectivity index (χ0v) is 14.4. The van der Waals surface area contributed by atoms with E-state index in [0.29, 0.717) is 5.82 Å². The quantitative estimate of drug-likeness (QED) is 0.699. The molecule has 4 N–H and O–H groups in total.